The lowest BCUT2D eigenvalue weighted by Crippen LogP contribution is -2.40. The molecule has 0 bridgehead atoms. The van der Waals surface area contributed by atoms with E-state index < -0.39 is 12.0 Å². The van der Waals surface area contributed by atoms with Gasteiger partial charge in [0.25, 0.3) is 5.56 Å². The smallest absolute Gasteiger partial charge is 0.338 e. The van der Waals surface area contributed by atoms with Crippen LogP contribution in [-0.4, -0.2) is 23.8 Å². The number of aromatic nitrogens is 1. The highest BCUT2D eigenvalue weighted by molar-refractivity contribution is 9.10. The van der Waals surface area contributed by atoms with E-state index in [1.54, 1.807) is 30.6 Å². The Hall–Kier alpha value is -3.93. The van der Waals surface area contributed by atoms with Crippen LogP contribution in [0.2, 0.25) is 0 Å². The van der Waals surface area contributed by atoms with E-state index in [-0.39, 0.29) is 18.8 Å². The van der Waals surface area contributed by atoms with Crippen LogP contribution < -0.4 is 19.6 Å². The summed E-state index contributed by atoms with van der Waals surface area (Å²) in [6.45, 7) is 3.85. The number of allylic oxidation sites excluding steroid dienone is 1. The molecule has 0 radical (unpaired) electrons. The number of fused-ring (bicyclic) bond motifs is 2. The van der Waals surface area contributed by atoms with Crippen LogP contribution in [0.5, 0.6) is 5.75 Å². The summed E-state index contributed by atoms with van der Waals surface area (Å²) in [5, 5.41) is 1.96. The molecule has 1 aliphatic heterocycles. The van der Waals surface area contributed by atoms with Crippen LogP contribution in [0, 0.1) is 12.3 Å². The predicted molar refractivity (Wildman–Crippen MR) is 153 cm³/mol. The molecule has 1 aromatic heterocycles. The molecule has 2 heterocycles. The van der Waals surface area contributed by atoms with Gasteiger partial charge in [0.1, 0.15) is 12.4 Å². The van der Waals surface area contributed by atoms with E-state index >= 15 is 0 Å². The van der Waals surface area contributed by atoms with Gasteiger partial charge in [0, 0.05) is 10.0 Å². The van der Waals surface area contributed by atoms with Crippen molar-refractivity contribution < 1.29 is 14.3 Å². The number of benzene rings is 3. The van der Waals surface area contributed by atoms with Crippen LogP contribution >= 0.6 is 27.3 Å². The van der Waals surface area contributed by atoms with Gasteiger partial charge in [0.2, 0.25) is 0 Å². The van der Waals surface area contributed by atoms with Crippen LogP contribution in [0.4, 0.5) is 0 Å². The number of carbonyl (C=O) groups excluding carboxylic acids is 1. The second-order valence-corrected chi connectivity index (χ2v) is 10.5. The fourth-order valence-electron chi connectivity index (χ4n) is 4.60. The zero-order valence-electron chi connectivity index (χ0n) is 20.7. The average Bonchev–Trinajstić information content (AvgIpc) is 3.21. The van der Waals surface area contributed by atoms with Gasteiger partial charge >= 0.3 is 5.97 Å². The van der Waals surface area contributed by atoms with Gasteiger partial charge in [0.05, 0.1) is 28.5 Å². The van der Waals surface area contributed by atoms with Crippen molar-refractivity contribution in [3.05, 3.63) is 107 Å². The van der Waals surface area contributed by atoms with Crippen molar-refractivity contribution in [2.75, 3.05) is 13.2 Å². The molecule has 0 spiro atoms. The molecule has 0 saturated carbocycles. The minimum absolute atomic E-state index is 0.104. The van der Waals surface area contributed by atoms with Crippen LogP contribution in [-0.2, 0) is 9.53 Å². The number of rotatable bonds is 6. The summed E-state index contributed by atoms with van der Waals surface area (Å²) >= 11 is 4.75. The van der Waals surface area contributed by atoms with Crippen molar-refractivity contribution in [1.82, 2.24) is 4.57 Å². The topological polar surface area (TPSA) is 69.9 Å². The van der Waals surface area contributed by atoms with Gasteiger partial charge in [0.15, 0.2) is 4.80 Å². The molecular formula is C30H23BrN2O4S. The van der Waals surface area contributed by atoms with Gasteiger partial charge < -0.3 is 9.47 Å². The first kappa shape index (κ1) is 25.7. The number of thiazole rings is 1. The number of hydrogen-bond donors (Lipinski definition) is 0. The Morgan fingerprint density at radius 2 is 2.00 bits per heavy atom. The van der Waals surface area contributed by atoms with Crippen molar-refractivity contribution in [2.24, 2.45) is 4.99 Å². The van der Waals surface area contributed by atoms with Gasteiger partial charge in [-0.2, -0.15) is 0 Å². The average molecular weight is 587 g/mol. The molecule has 1 aliphatic rings. The highest BCUT2D eigenvalue weighted by atomic mass is 79.9. The van der Waals surface area contributed by atoms with E-state index in [2.05, 4.69) is 26.8 Å². The van der Waals surface area contributed by atoms with Crippen molar-refractivity contribution in [2.45, 2.75) is 19.9 Å². The van der Waals surface area contributed by atoms with E-state index in [0.29, 0.717) is 31.9 Å². The van der Waals surface area contributed by atoms with Crippen LogP contribution in [0.3, 0.4) is 0 Å². The van der Waals surface area contributed by atoms with E-state index in [4.69, 9.17) is 15.9 Å². The highest BCUT2D eigenvalue weighted by Gasteiger charge is 2.34. The lowest BCUT2D eigenvalue weighted by molar-refractivity contribution is -0.139. The molecule has 38 heavy (non-hydrogen) atoms. The number of carbonyl (C=O) groups is 1. The van der Waals surface area contributed by atoms with E-state index in [1.165, 1.54) is 11.3 Å². The maximum Gasteiger partial charge on any atom is 0.338 e. The maximum absolute atomic E-state index is 14.0. The lowest BCUT2D eigenvalue weighted by Gasteiger charge is -2.25. The van der Waals surface area contributed by atoms with E-state index in [9.17, 15) is 9.59 Å². The predicted octanol–water partition coefficient (Wildman–Crippen LogP) is 4.73. The summed E-state index contributed by atoms with van der Waals surface area (Å²) in [4.78, 5) is 32.4. The summed E-state index contributed by atoms with van der Waals surface area (Å²) in [5.41, 5.74) is 2.14. The molecule has 0 aliphatic carbocycles. The van der Waals surface area contributed by atoms with E-state index in [0.717, 1.165) is 20.8 Å². The Kier molecular flexibility index (Phi) is 7.32. The quantitative estimate of drug-likeness (QED) is 0.242. The minimum Gasteiger partial charge on any atom is -0.480 e. The molecule has 1 atom stereocenters. The van der Waals surface area contributed by atoms with Gasteiger partial charge in [-0.1, -0.05) is 75.7 Å². The molecule has 6 nitrogen and oxygen atoms in total. The molecule has 4 aromatic rings. The number of halogens is 1. The molecule has 5 rings (SSSR count). The van der Waals surface area contributed by atoms with Gasteiger partial charge in [-0.05, 0) is 54.5 Å². The van der Waals surface area contributed by atoms with Crippen LogP contribution in [0.1, 0.15) is 31.0 Å². The molecule has 0 unspecified atom stereocenters. The molecule has 0 amide bonds. The number of terminal acetylenes is 1. The molecule has 190 valence electrons. The molecule has 0 saturated heterocycles. The van der Waals surface area contributed by atoms with Gasteiger partial charge in [-0.3, -0.25) is 9.36 Å². The zero-order chi connectivity index (χ0) is 26.8. The second kappa shape index (κ2) is 10.8. The Bertz CT molecular complexity index is 1820. The van der Waals surface area contributed by atoms with Crippen LogP contribution in [0.25, 0.3) is 16.8 Å². The fraction of sp³-hybridized carbons (Fsp3) is 0.167. The SMILES string of the molecule is C#CCOc1ccc(Br)cc1/C=c1/sc2n(c1=O)[C@H](c1cccc3ccccc13)C(C(=O)OCC)=C(C)N=2. The third-order valence-electron chi connectivity index (χ3n) is 6.20. The summed E-state index contributed by atoms with van der Waals surface area (Å²) in [7, 11) is 0. The first-order valence-corrected chi connectivity index (χ1v) is 13.6. The Morgan fingerprint density at radius 3 is 2.79 bits per heavy atom. The second-order valence-electron chi connectivity index (χ2n) is 8.55. The first-order valence-electron chi connectivity index (χ1n) is 12.0. The number of esters is 1. The Morgan fingerprint density at radius 1 is 1.21 bits per heavy atom. The molecule has 0 N–H and O–H groups in total. The molecule has 8 heteroatoms. The monoisotopic (exact) mass is 586 g/mol. The lowest BCUT2D eigenvalue weighted by atomic mass is 9.91. The number of ether oxygens (including phenoxy) is 2. The van der Waals surface area contributed by atoms with Gasteiger partial charge in [-0.25, -0.2) is 9.79 Å². The normalized spacial score (nSPS) is 15.1. The summed E-state index contributed by atoms with van der Waals surface area (Å²) in [6, 6.07) is 18.6. The van der Waals surface area contributed by atoms with Crippen molar-refractivity contribution in [1.29, 1.82) is 0 Å². The number of nitrogens with zero attached hydrogens (tertiary/aromatic N) is 2. The third kappa shape index (κ3) is 4.71. The summed E-state index contributed by atoms with van der Waals surface area (Å²) in [5.74, 6) is 2.54. The largest absolute Gasteiger partial charge is 0.480 e. The third-order valence-corrected chi connectivity index (χ3v) is 7.68. The fourth-order valence-corrected chi connectivity index (χ4v) is 6.02. The van der Waals surface area contributed by atoms with Crippen LogP contribution in [0.15, 0.2) is 86.2 Å². The Labute approximate surface area is 231 Å². The first-order chi connectivity index (χ1) is 18.4. The maximum atomic E-state index is 14.0. The number of hydrogen-bond acceptors (Lipinski definition) is 6. The highest BCUT2D eigenvalue weighted by Crippen LogP contribution is 2.35. The molecule has 0 fully saturated rings. The molecule has 3 aromatic carbocycles. The van der Waals surface area contributed by atoms with Crippen molar-refractivity contribution in [3.63, 3.8) is 0 Å². The molecular weight excluding hydrogens is 564 g/mol. The minimum atomic E-state index is -0.696. The van der Waals surface area contributed by atoms with Crippen molar-refractivity contribution in [3.8, 4) is 18.1 Å². The summed E-state index contributed by atoms with van der Waals surface area (Å²) < 4.78 is 14.0. The van der Waals surface area contributed by atoms with Gasteiger partial charge in [-0.15, -0.1) is 6.42 Å². The Balaban J connectivity index is 1.78. The standard InChI is InChI=1S/C30H23BrN2O4S/c1-4-15-37-24-14-13-21(31)16-20(24)17-25-28(34)33-27(23-12-8-10-19-9-6-7-11-22(19)23)26(29(35)36-5-2)18(3)32-30(33)38-25/h1,6-14,16-17,27H,5,15H2,2-3H3/b25-17+/t27-/m1/s1. The van der Waals surface area contributed by atoms with Crippen molar-refractivity contribution >= 4 is 50.1 Å². The zero-order valence-corrected chi connectivity index (χ0v) is 23.1. The van der Waals surface area contributed by atoms with E-state index in [1.807, 2.05) is 54.6 Å². The summed E-state index contributed by atoms with van der Waals surface area (Å²) in [6.07, 6.45) is 7.15.